The fraction of sp³-hybridized carbons (Fsp3) is 0.760. The molecule has 1 amide bonds. The lowest BCUT2D eigenvalue weighted by atomic mass is 10.0. The third kappa shape index (κ3) is 27.0. The number of ether oxygens (including phenoxy) is 2. The van der Waals surface area contributed by atoms with E-state index in [9.17, 15) is 4.79 Å². The van der Waals surface area contributed by atoms with Crippen LogP contribution in [-0.4, -0.2) is 18.6 Å². The summed E-state index contributed by atoms with van der Waals surface area (Å²) in [5.41, 5.74) is 2.13. The average Bonchev–Trinajstić information content (AvgIpc) is 3.19. The van der Waals surface area contributed by atoms with E-state index in [0.29, 0.717) is 6.54 Å². The maximum atomic E-state index is 13.6. The Balaban J connectivity index is 0.0000157. The molecule has 5 nitrogen and oxygen atoms in total. The maximum Gasteiger partial charge on any atom is 0.261 e. The molecule has 0 aliphatic carbocycles. The van der Waals surface area contributed by atoms with Gasteiger partial charge in [-0.2, -0.15) is 0 Å². The molecular weight excluding hydrogens is 803 g/mol. The Hall–Kier alpha value is -1.83. The van der Waals surface area contributed by atoms with Crippen LogP contribution in [0.25, 0.3) is 0 Å². The minimum absolute atomic E-state index is 0. The van der Waals surface area contributed by atoms with Crippen LogP contribution in [0.5, 0.6) is 11.5 Å². The summed E-state index contributed by atoms with van der Waals surface area (Å²) in [6.07, 6.45) is 40.9. The molecule has 0 spiro atoms. The van der Waals surface area contributed by atoms with Crippen molar-refractivity contribution >= 4 is 5.91 Å². The highest BCUT2D eigenvalue weighted by molar-refractivity contribution is 5.81. The summed E-state index contributed by atoms with van der Waals surface area (Å²) in [6, 6.07) is 12.3. The number of halogens is 1. The van der Waals surface area contributed by atoms with Gasteiger partial charge in [-0.3, -0.25) is 4.79 Å². The van der Waals surface area contributed by atoms with Crippen LogP contribution in [-0.2, 0) is 17.9 Å². The van der Waals surface area contributed by atoms with Gasteiger partial charge in [0.2, 0.25) is 5.69 Å². The second kappa shape index (κ2) is 37.4. The highest BCUT2D eigenvalue weighted by Crippen LogP contribution is 2.26. The molecule has 1 heterocycles. The third-order valence-electron chi connectivity index (χ3n) is 11.2. The first-order chi connectivity index (χ1) is 27.1. The molecule has 1 unspecified atom stereocenters. The Labute approximate surface area is 363 Å². The van der Waals surface area contributed by atoms with Crippen LogP contribution in [0.3, 0.4) is 0 Å². The number of amides is 1. The van der Waals surface area contributed by atoms with E-state index in [1.54, 1.807) is 0 Å². The lowest BCUT2D eigenvalue weighted by Gasteiger charge is -2.20. The van der Waals surface area contributed by atoms with E-state index in [2.05, 4.69) is 62.0 Å². The Morgan fingerprint density at radius 2 is 1.09 bits per heavy atom. The minimum Gasteiger partial charge on any atom is -1.00 e. The third-order valence-corrected chi connectivity index (χ3v) is 11.2. The van der Waals surface area contributed by atoms with Gasteiger partial charge in [-0.1, -0.05) is 194 Å². The summed E-state index contributed by atoms with van der Waals surface area (Å²) in [5.74, 6) is 1.63. The van der Waals surface area contributed by atoms with Crippen molar-refractivity contribution in [1.82, 2.24) is 5.32 Å². The standard InChI is InChI=1S/C50H86N2O3.HI/c1-5-8-10-12-14-16-18-20-22-24-26-28-30-32-37-49(50(53)51-44-46-36-33-34-41-52(46)40-7-3)55-48-39-38-47(43-45(48)4)54-42-35-31-29-27-25-23-21-19-17-15-13-11-9-6-2;/h33-34,36,38-39,41,43,49H,5-32,35,37,40,42,44H2,1-4H3;1H. The number of rotatable bonds is 38. The van der Waals surface area contributed by atoms with Gasteiger partial charge < -0.3 is 38.8 Å². The van der Waals surface area contributed by atoms with Gasteiger partial charge >= 0.3 is 0 Å². The summed E-state index contributed by atoms with van der Waals surface area (Å²) in [6.45, 7) is 11.0. The number of nitrogens with zero attached hydrogens (tertiary/aromatic N) is 1. The van der Waals surface area contributed by atoms with Crippen molar-refractivity contribution in [2.75, 3.05) is 6.61 Å². The van der Waals surface area contributed by atoms with Crippen LogP contribution in [0.4, 0.5) is 0 Å². The lowest BCUT2D eigenvalue weighted by molar-refractivity contribution is -0.704. The van der Waals surface area contributed by atoms with Gasteiger partial charge in [0.25, 0.3) is 5.91 Å². The number of benzene rings is 1. The first-order valence-electron chi connectivity index (χ1n) is 23.7. The molecule has 0 saturated carbocycles. The zero-order chi connectivity index (χ0) is 39.4. The molecule has 6 heteroatoms. The SMILES string of the molecule is CCCCCCCCCCCCCCCCOc1ccc(OC(CCCCCCCCCCCCCCCC)C(=O)NCc2cccc[n+]2CCC)c(C)c1.[I-]. The van der Waals surface area contributed by atoms with Crippen molar-refractivity contribution in [3.05, 3.63) is 53.9 Å². The van der Waals surface area contributed by atoms with Crippen LogP contribution in [0, 0.1) is 6.92 Å². The fourth-order valence-corrected chi connectivity index (χ4v) is 7.67. The van der Waals surface area contributed by atoms with E-state index in [4.69, 9.17) is 9.47 Å². The number of aromatic nitrogens is 1. The van der Waals surface area contributed by atoms with Gasteiger partial charge in [0.15, 0.2) is 12.3 Å². The molecule has 1 aromatic heterocycles. The quantitative estimate of drug-likeness (QED) is 0.0415. The van der Waals surface area contributed by atoms with Crippen LogP contribution < -0.4 is 43.3 Å². The molecule has 2 aromatic rings. The van der Waals surface area contributed by atoms with Gasteiger partial charge in [-0.15, -0.1) is 0 Å². The predicted molar refractivity (Wildman–Crippen MR) is 235 cm³/mol. The number of hydrogen-bond donors (Lipinski definition) is 1. The van der Waals surface area contributed by atoms with E-state index in [0.717, 1.165) is 68.0 Å². The van der Waals surface area contributed by atoms with Gasteiger partial charge in [0, 0.05) is 18.6 Å². The molecule has 0 bridgehead atoms. The molecule has 1 atom stereocenters. The van der Waals surface area contributed by atoms with Crippen molar-refractivity contribution in [2.45, 2.75) is 240 Å². The molecule has 2 rings (SSSR count). The number of aryl methyl sites for hydroxylation is 2. The summed E-state index contributed by atoms with van der Waals surface area (Å²) in [7, 11) is 0. The van der Waals surface area contributed by atoms with E-state index in [-0.39, 0.29) is 29.9 Å². The van der Waals surface area contributed by atoms with Crippen molar-refractivity contribution in [1.29, 1.82) is 0 Å². The first kappa shape index (κ1) is 52.2. The minimum atomic E-state index is -0.512. The van der Waals surface area contributed by atoms with Crippen LogP contribution in [0.2, 0.25) is 0 Å². The number of unbranched alkanes of at least 4 members (excludes halogenated alkanes) is 26. The lowest BCUT2D eigenvalue weighted by Crippen LogP contribution is -3.00. The summed E-state index contributed by atoms with van der Waals surface area (Å²) < 4.78 is 14.9. The molecule has 1 aromatic carbocycles. The second-order valence-electron chi connectivity index (χ2n) is 16.5. The Morgan fingerprint density at radius 3 is 1.57 bits per heavy atom. The van der Waals surface area contributed by atoms with Gasteiger partial charge in [-0.05, 0) is 49.9 Å². The molecule has 1 N–H and O–H groups in total. The first-order valence-corrected chi connectivity index (χ1v) is 23.7. The maximum absolute atomic E-state index is 13.6. The Kier molecular flexibility index (Phi) is 34.9. The smallest absolute Gasteiger partial charge is 0.261 e. The van der Waals surface area contributed by atoms with Crippen molar-refractivity contribution < 1.29 is 42.8 Å². The number of carbonyl (C=O) groups is 1. The Morgan fingerprint density at radius 1 is 0.607 bits per heavy atom. The molecular formula is C50H87IN2O3. The molecule has 0 aliphatic rings. The number of hydrogen-bond acceptors (Lipinski definition) is 3. The summed E-state index contributed by atoms with van der Waals surface area (Å²) in [4.78, 5) is 13.6. The van der Waals surface area contributed by atoms with Crippen molar-refractivity contribution in [3.8, 4) is 11.5 Å². The molecule has 0 aliphatic heterocycles. The normalized spacial score (nSPS) is 11.6. The Bertz CT molecular complexity index is 1190. The van der Waals surface area contributed by atoms with Crippen molar-refractivity contribution in [3.63, 3.8) is 0 Å². The van der Waals surface area contributed by atoms with E-state index < -0.39 is 6.10 Å². The molecule has 0 fully saturated rings. The topological polar surface area (TPSA) is 51.4 Å². The molecule has 56 heavy (non-hydrogen) atoms. The number of nitrogens with one attached hydrogen (secondary N) is 1. The summed E-state index contributed by atoms with van der Waals surface area (Å²) >= 11 is 0. The molecule has 322 valence electrons. The van der Waals surface area contributed by atoms with Gasteiger partial charge in [0.05, 0.1) is 6.61 Å². The monoisotopic (exact) mass is 891 g/mol. The number of pyridine rings is 1. The fourth-order valence-electron chi connectivity index (χ4n) is 7.67. The zero-order valence-electron chi connectivity index (χ0n) is 37.0. The van der Waals surface area contributed by atoms with E-state index in [1.807, 2.05) is 18.2 Å². The second-order valence-corrected chi connectivity index (χ2v) is 16.5. The van der Waals surface area contributed by atoms with Gasteiger partial charge in [0.1, 0.15) is 24.6 Å². The van der Waals surface area contributed by atoms with E-state index in [1.165, 1.54) is 161 Å². The van der Waals surface area contributed by atoms with E-state index >= 15 is 0 Å². The van der Waals surface area contributed by atoms with Crippen LogP contribution in [0.1, 0.15) is 225 Å². The predicted octanol–water partition coefficient (Wildman–Crippen LogP) is 11.5. The molecule has 0 radical (unpaired) electrons. The van der Waals surface area contributed by atoms with Crippen LogP contribution in [0.15, 0.2) is 42.6 Å². The summed E-state index contributed by atoms with van der Waals surface area (Å²) in [5, 5.41) is 3.21. The highest BCUT2D eigenvalue weighted by atomic mass is 127. The number of carbonyl (C=O) groups excluding carboxylic acids is 1. The van der Waals surface area contributed by atoms with Gasteiger partial charge in [-0.25, -0.2) is 4.57 Å². The highest BCUT2D eigenvalue weighted by Gasteiger charge is 2.22. The largest absolute Gasteiger partial charge is 1.00 e. The zero-order valence-corrected chi connectivity index (χ0v) is 39.2. The average molecular weight is 891 g/mol. The molecule has 0 saturated heterocycles. The van der Waals surface area contributed by atoms with Crippen LogP contribution >= 0.6 is 0 Å². The van der Waals surface area contributed by atoms with Crippen molar-refractivity contribution in [2.24, 2.45) is 0 Å².